The van der Waals surface area contributed by atoms with E-state index in [-0.39, 0.29) is 21.0 Å². The van der Waals surface area contributed by atoms with Crippen LogP contribution in [0.2, 0.25) is 0 Å². The fourth-order valence-electron chi connectivity index (χ4n) is 0. The van der Waals surface area contributed by atoms with E-state index >= 15 is 0 Å². The van der Waals surface area contributed by atoms with Gasteiger partial charge in [0.1, 0.15) is 0 Å². The quantitative estimate of drug-likeness (QED) is 0.524. The molecule has 0 aliphatic carbocycles. The summed E-state index contributed by atoms with van der Waals surface area (Å²) >= 11 is 0. The van der Waals surface area contributed by atoms with Crippen molar-refractivity contribution >= 4 is 0 Å². The minimum atomic E-state index is 0. The van der Waals surface area contributed by atoms with Gasteiger partial charge in [0.2, 0.25) is 1.43 Å². The van der Waals surface area contributed by atoms with E-state index in [1.54, 1.807) is 0 Å². The summed E-state index contributed by atoms with van der Waals surface area (Å²) in [5.74, 6) is 0. The van der Waals surface area contributed by atoms with E-state index in [2.05, 4.69) is 5.11 Å². The van der Waals surface area contributed by atoms with Crippen LogP contribution in [0.15, 0.2) is 0 Å². The van der Waals surface area contributed by atoms with Gasteiger partial charge in [-0.05, 0) is 13.8 Å². The molecule has 1 nitrogen and oxygen atoms in total. The standard InChI is InChI=1S/C3H8O.2CH4/c1-3(2)4;;/h3-4H,1-2H3;2*1H4/i4T;;. The van der Waals surface area contributed by atoms with Crippen LogP contribution in [0.5, 0.6) is 0 Å². The lowest BCUT2D eigenvalue weighted by molar-refractivity contribution is 0.216. The van der Waals surface area contributed by atoms with E-state index in [9.17, 15) is 0 Å². The summed E-state index contributed by atoms with van der Waals surface area (Å²) in [7, 11) is 0. The zero-order chi connectivity index (χ0) is 4.28. The molecule has 0 heterocycles. The average molecular weight is 94.2 g/mol. The van der Waals surface area contributed by atoms with Gasteiger partial charge >= 0.3 is 0 Å². The minimum absolute atomic E-state index is 0. The minimum Gasteiger partial charge on any atom is -0.394 e. The lowest BCUT2D eigenvalue weighted by Crippen LogP contribution is -1.85. The topological polar surface area (TPSA) is 20.2 Å². The maximum absolute atomic E-state index is 6.16. The highest BCUT2D eigenvalue weighted by atomic mass is 16.3. The molecule has 0 aliphatic heterocycles. The molecule has 0 aliphatic rings. The summed E-state index contributed by atoms with van der Waals surface area (Å²) in [5, 5.41) is 4.00. The highest BCUT2D eigenvalue weighted by Gasteiger charge is 1.69. The highest BCUT2D eigenvalue weighted by Crippen LogP contribution is 1.65. The summed E-state index contributed by atoms with van der Waals surface area (Å²) in [6, 6.07) is 0. The second kappa shape index (κ2) is 8.88. The Labute approximate surface area is 42.5 Å². The molecule has 0 fully saturated rings. The molecule has 1 N–H and O–H groups in total. The molecule has 0 radical (unpaired) electrons. The fourth-order valence-corrected chi connectivity index (χ4v) is 0. The van der Waals surface area contributed by atoms with Crippen molar-refractivity contribution in [3.8, 4) is 0 Å². The van der Waals surface area contributed by atoms with Crippen LogP contribution in [-0.2, 0) is 0 Å². The number of aliphatic hydroxyl groups is 1. The molecule has 0 saturated heterocycles. The molecule has 0 aromatic heterocycles. The molecule has 6 heavy (non-hydrogen) atoms. The molecule has 0 unspecified atom stereocenters. The molecule has 0 rings (SSSR count). The van der Waals surface area contributed by atoms with Crippen LogP contribution < -0.4 is 0 Å². The van der Waals surface area contributed by atoms with Gasteiger partial charge in [0.05, 0.1) is 0 Å². The molecule has 0 spiro atoms. The molecule has 0 aromatic carbocycles. The SMILES string of the molecule is C.C.[3H]OC(C)C. The van der Waals surface area contributed by atoms with Crippen molar-refractivity contribution in [1.82, 2.24) is 0 Å². The highest BCUT2D eigenvalue weighted by molar-refractivity contribution is 4.20. The smallest absolute Gasteiger partial charge is 0.210 e. The van der Waals surface area contributed by atoms with Crippen LogP contribution >= 0.6 is 0 Å². The Morgan fingerprint density at radius 2 is 1.67 bits per heavy atom. The monoisotopic (exact) mass is 94.1 g/mol. The third-order valence-electron chi connectivity index (χ3n) is 0. The van der Waals surface area contributed by atoms with Crippen LogP contribution in [-0.4, -0.2) is 12.6 Å². The van der Waals surface area contributed by atoms with Crippen molar-refractivity contribution in [2.45, 2.75) is 34.8 Å². The van der Waals surface area contributed by atoms with Gasteiger partial charge in [-0.1, -0.05) is 14.9 Å². The molecule has 0 saturated carbocycles. The zero-order valence-corrected chi connectivity index (χ0v) is 2.99. The summed E-state index contributed by atoms with van der Waals surface area (Å²) in [6.07, 6.45) is 0.0509. The second-order valence-electron chi connectivity index (χ2n) is 1.05. The zero-order valence-electron chi connectivity index (χ0n) is 3.99. The Kier molecular flexibility index (Phi) is 13.8. The number of rotatable bonds is 1. The van der Waals surface area contributed by atoms with Crippen LogP contribution in [0.4, 0.5) is 0 Å². The molecule has 0 aromatic rings. The first-order valence-electron chi connectivity index (χ1n) is 1.80. The van der Waals surface area contributed by atoms with Crippen molar-refractivity contribution in [1.29, 1.82) is 1.43 Å². The van der Waals surface area contributed by atoms with Crippen LogP contribution in [0, 0.1) is 0 Å². The summed E-state index contributed by atoms with van der Waals surface area (Å²) < 4.78 is 6.16. The van der Waals surface area contributed by atoms with E-state index in [0.29, 0.717) is 0 Å². The lowest BCUT2D eigenvalue weighted by Gasteiger charge is -1.80. The summed E-state index contributed by atoms with van der Waals surface area (Å²) in [6.45, 7) is 3.62. The lowest BCUT2D eigenvalue weighted by atomic mass is 10.5. The van der Waals surface area contributed by atoms with Crippen molar-refractivity contribution in [2.24, 2.45) is 0 Å². The number of aliphatic hydroxyl groups excluding tert-OH is 1. The Balaban J connectivity index is -0.0000000800. The van der Waals surface area contributed by atoms with E-state index in [1.807, 2.05) is 13.8 Å². The van der Waals surface area contributed by atoms with Gasteiger partial charge in [-0.25, -0.2) is 0 Å². The molecule has 42 valence electrons. The van der Waals surface area contributed by atoms with E-state index in [1.165, 1.54) is 0 Å². The van der Waals surface area contributed by atoms with Gasteiger partial charge in [0, 0.05) is 6.10 Å². The van der Waals surface area contributed by atoms with Gasteiger partial charge < -0.3 is 5.11 Å². The first-order valence-corrected chi connectivity index (χ1v) is 1.39. The normalized spacial score (nSPS) is 8.17. The second-order valence-corrected chi connectivity index (χ2v) is 1.05. The summed E-state index contributed by atoms with van der Waals surface area (Å²) in [4.78, 5) is 0. The van der Waals surface area contributed by atoms with Crippen LogP contribution in [0.25, 0.3) is 0 Å². The molecule has 1 heteroatoms. The van der Waals surface area contributed by atoms with Gasteiger partial charge in [0.25, 0.3) is 0 Å². The third-order valence-corrected chi connectivity index (χ3v) is 0. The van der Waals surface area contributed by atoms with Crippen LogP contribution in [0.1, 0.15) is 28.7 Å². The molecular formula is C5H16O. The molecule has 0 amide bonds. The van der Waals surface area contributed by atoms with E-state index in [4.69, 9.17) is 1.43 Å². The molecular weight excluding hydrogens is 76.1 g/mol. The maximum Gasteiger partial charge on any atom is 0.210 e. The summed E-state index contributed by atoms with van der Waals surface area (Å²) in [5.41, 5.74) is 0. The predicted molar refractivity (Wildman–Crippen MR) is 30.8 cm³/mol. The third kappa shape index (κ3) is 21700. The van der Waals surface area contributed by atoms with Crippen LogP contribution in [0.3, 0.4) is 0 Å². The predicted octanol–water partition coefficient (Wildman–Crippen LogP) is 1.66. The van der Waals surface area contributed by atoms with Gasteiger partial charge in [-0.2, -0.15) is 0 Å². The van der Waals surface area contributed by atoms with Crippen molar-refractivity contribution < 1.29 is 5.11 Å². The van der Waals surface area contributed by atoms with Crippen molar-refractivity contribution in [3.05, 3.63) is 0 Å². The van der Waals surface area contributed by atoms with Gasteiger partial charge in [0.15, 0.2) is 0 Å². The maximum atomic E-state index is 6.16. The van der Waals surface area contributed by atoms with Gasteiger partial charge in [-0.15, -0.1) is 0 Å². The average Bonchev–Trinajstić information content (AvgIpc) is 1.38. The fraction of sp³-hybridized carbons (Fsp3) is 1.00. The van der Waals surface area contributed by atoms with Crippen molar-refractivity contribution in [2.75, 3.05) is 0 Å². The number of hydrogen-bond acceptors (Lipinski definition) is 1. The largest absolute Gasteiger partial charge is 0.394 e. The van der Waals surface area contributed by atoms with E-state index in [0.717, 1.165) is 0 Å². The van der Waals surface area contributed by atoms with E-state index < -0.39 is 0 Å². The Hall–Kier alpha value is -0.0400. The molecule has 0 atom stereocenters. The van der Waals surface area contributed by atoms with Gasteiger partial charge in [-0.3, -0.25) is 0 Å². The first-order chi connectivity index (χ1) is 2.27. The Morgan fingerprint density at radius 1 is 1.50 bits per heavy atom. The van der Waals surface area contributed by atoms with Crippen molar-refractivity contribution in [3.63, 3.8) is 0 Å². The number of hydrogen-bond donors (Lipinski definition) is 1. The molecule has 0 bridgehead atoms. The Bertz CT molecular complexity index is 22.0. The Morgan fingerprint density at radius 3 is 1.67 bits per heavy atom. The first kappa shape index (κ1) is 9.35.